The van der Waals surface area contributed by atoms with Crippen LogP contribution < -0.4 is 0 Å². The molecule has 0 bridgehead atoms. The zero-order valence-electron chi connectivity index (χ0n) is 11.8. The average molecular weight is 263 g/mol. The van der Waals surface area contributed by atoms with Crippen LogP contribution in [0.1, 0.15) is 16.7 Å². The fourth-order valence-electron chi connectivity index (χ4n) is 2.21. The van der Waals surface area contributed by atoms with Crippen LogP contribution in [0.15, 0.2) is 12.4 Å². The first kappa shape index (κ1) is 14.0. The summed E-state index contributed by atoms with van der Waals surface area (Å²) in [6.07, 6.45) is 4.80. The van der Waals surface area contributed by atoms with Crippen molar-refractivity contribution in [2.24, 2.45) is 0 Å². The molecule has 0 aliphatic carbocycles. The van der Waals surface area contributed by atoms with Gasteiger partial charge >= 0.3 is 0 Å². The summed E-state index contributed by atoms with van der Waals surface area (Å²) in [6.45, 7) is 2.57. The molecule has 104 valence electrons. The SMILES string of the molecule is CN1CCc2c(COCC(=O)N(C)C)cncc2C1. The number of rotatable bonds is 4. The van der Waals surface area contributed by atoms with Gasteiger partial charge in [-0.25, -0.2) is 0 Å². The summed E-state index contributed by atoms with van der Waals surface area (Å²) in [4.78, 5) is 19.5. The summed E-state index contributed by atoms with van der Waals surface area (Å²) in [5.74, 6) is -0.0162. The molecule has 2 rings (SSSR count). The third-order valence-corrected chi connectivity index (χ3v) is 3.40. The van der Waals surface area contributed by atoms with Crippen LogP contribution >= 0.6 is 0 Å². The molecule has 0 saturated heterocycles. The highest BCUT2D eigenvalue weighted by Crippen LogP contribution is 2.21. The summed E-state index contributed by atoms with van der Waals surface area (Å²) in [5, 5.41) is 0. The molecule has 0 saturated carbocycles. The normalized spacial score (nSPS) is 15.1. The second-order valence-electron chi connectivity index (χ2n) is 5.21. The van der Waals surface area contributed by atoms with Crippen molar-refractivity contribution in [1.82, 2.24) is 14.8 Å². The maximum Gasteiger partial charge on any atom is 0.248 e. The molecule has 2 heterocycles. The number of hydrogen-bond acceptors (Lipinski definition) is 4. The molecule has 5 heteroatoms. The number of fused-ring (bicyclic) bond motifs is 1. The van der Waals surface area contributed by atoms with Crippen LogP contribution in [0.5, 0.6) is 0 Å². The van der Waals surface area contributed by atoms with Crippen molar-refractivity contribution in [2.75, 3.05) is 34.3 Å². The Morgan fingerprint density at radius 1 is 1.47 bits per heavy atom. The van der Waals surface area contributed by atoms with Crippen molar-refractivity contribution in [3.63, 3.8) is 0 Å². The molecule has 0 radical (unpaired) electrons. The molecular weight excluding hydrogens is 242 g/mol. The molecule has 0 unspecified atom stereocenters. The lowest BCUT2D eigenvalue weighted by Gasteiger charge is -2.26. The van der Waals surface area contributed by atoms with Gasteiger partial charge < -0.3 is 14.5 Å². The number of aromatic nitrogens is 1. The minimum absolute atomic E-state index is 0.0162. The molecular formula is C14H21N3O2. The Morgan fingerprint density at radius 2 is 2.26 bits per heavy atom. The zero-order chi connectivity index (χ0) is 13.8. The van der Waals surface area contributed by atoms with Crippen LogP contribution in [-0.4, -0.2) is 55.0 Å². The van der Waals surface area contributed by atoms with E-state index in [-0.39, 0.29) is 12.5 Å². The lowest BCUT2D eigenvalue weighted by atomic mass is 9.98. The summed E-state index contributed by atoms with van der Waals surface area (Å²) in [7, 11) is 5.57. The summed E-state index contributed by atoms with van der Waals surface area (Å²) < 4.78 is 5.49. The first-order valence-corrected chi connectivity index (χ1v) is 6.49. The summed E-state index contributed by atoms with van der Waals surface area (Å²) in [6, 6.07) is 0. The maximum atomic E-state index is 11.4. The minimum atomic E-state index is -0.0162. The Hall–Kier alpha value is -1.46. The first-order valence-electron chi connectivity index (χ1n) is 6.49. The number of amides is 1. The standard InChI is InChI=1S/C14H21N3O2/c1-16(2)14(18)10-19-9-12-7-15-6-11-8-17(3)5-4-13(11)12/h6-7H,4-5,8-10H2,1-3H3. The largest absolute Gasteiger partial charge is 0.367 e. The van der Waals surface area contributed by atoms with Gasteiger partial charge in [0.15, 0.2) is 0 Å². The van der Waals surface area contributed by atoms with E-state index in [0.29, 0.717) is 6.61 Å². The predicted octanol–water partition coefficient (Wildman–Crippen LogP) is 0.674. The number of carbonyl (C=O) groups excluding carboxylic acids is 1. The quantitative estimate of drug-likeness (QED) is 0.801. The number of carbonyl (C=O) groups is 1. The van der Waals surface area contributed by atoms with Crippen molar-refractivity contribution >= 4 is 5.91 Å². The van der Waals surface area contributed by atoms with E-state index < -0.39 is 0 Å². The van der Waals surface area contributed by atoms with Crippen LogP contribution in [0, 0.1) is 0 Å². The molecule has 1 aromatic rings. The molecule has 19 heavy (non-hydrogen) atoms. The average Bonchev–Trinajstić information content (AvgIpc) is 2.38. The van der Waals surface area contributed by atoms with Crippen LogP contribution in [0.3, 0.4) is 0 Å². The number of pyridine rings is 1. The molecule has 0 N–H and O–H groups in total. The van der Waals surface area contributed by atoms with E-state index in [1.54, 1.807) is 14.1 Å². The van der Waals surface area contributed by atoms with E-state index in [0.717, 1.165) is 25.1 Å². The van der Waals surface area contributed by atoms with Crippen molar-refractivity contribution < 1.29 is 9.53 Å². The van der Waals surface area contributed by atoms with E-state index in [9.17, 15) is 4.79 Å². The molecule has 0 fully saturated rings. The van der Waals surface area contributed by atoms with Crippen LogP contribution in [0.4, 0.5) is 0 Å². The van der Waals surface area contributed by atoms with Crippen molar-refractivity contribution in [3.8, 4) is 0 Å². The van der Waals surface area contributed by atoms with Crippen molar-refractivity contribution in [1.29, 1.82) is 0 Å². The molecule has 0 aromatic carbocycles. The predicted molar refractivity (Wildman–Crippen MR) is 72.6 cm³/mol. The lowest BCUT2D eigenvalue weighted by Crippen LogP contribution is -2.28. The molecule has 1 aromatic heterocycles. The Balaban J connectivity index is 1.98. The maximum absolute atomic E-state index is 11.4. The Morgan fingerprint density at radius 3 is 3.00 bits per heavy atom. The van der Waals surface area contributed by atoms with E-state index in [2.05, 4.69) is 16.9 Å². The monoisotopic (exact) mass is 263 g/mol. The summed E-state index contributed by atoms with van der Waals surface area (Å²) in [5.41, 5.74) is 3.72. The van der Waals surface area contributed by atoms with Crippen LogP contribution in [0.2, 0.25) is 0 Å². The van der Waals surface area contributed by atoms with Gasteiger partial charge in [-0.05, 0) is 30.2 Å². The smallest absolute Gasteiger partial charge is 0.248 e. The molecule has 1 aliphatic heterocycles. The van der Waals surface area contributed by atoms with E-state index in [1.165, 1.54) is 16.0 Å². The zero-order valence-corrected chi connectivity index (χ0v) is 11.8. The van der Waals surface area contributed by atoms with E-state index in [4.69, 9.17) is 4.74 Å². The van der Waals surface area contributed by atoms with Gasteiger partial charge in [-0.15, -0.1) is 0 Å². The topological polar surface area (TPSA) is 45.7 Å². The fourth-order valence-corrected chi connectivity index (χ4v) is 2.21. The second-order valence-corrected chi connectivity index (χ2v) is 5.21. The summed E-state index contributed by atoms with van der Waals surface area (Å²) >= 11 is 0. The third kappa shape index (κ3) is 3.52. The second kappa shape index (κ2) is 6.12. The Kier molecular flexibility index (Phi) is 4.50. The van der Waals surface area contributed by atoms with Gasteiger partial charge in [0, 0.05) is 39.6 Å². The Bertz CT molecular complexity index is 460. The van der Waals surface area contributed by atoms with Gasteiger partial charge in [0.2, 0.25) is 5.91 Å². The third-order valence-electron chi connectivity index (χ3n) is 3.40. The number of ether oxygens (including phenoxy) is 1. The highest BCUT2D eigenvalue weighted by molar-refractivity contribution is 5.76. The van der Waals surface area contributed by atoms with Crippen LogP contribution in [0.25, 0.3) is 0 Å². The number of likely N-dealkylation sites (N-methyl/N-ethyl adjacent to an activating group) is 2. The number of hydrogen-bond donors (Lipinski definition) is 0. The van der Waals surface area contributed by atoms with Gasteiger partial charge in [0.1, 0.15) is 6.61 Å². The van der Waals surface area contributed by atoms with Gasteiger partial charge in [0.05, 0.1) is 6.61 Å². The molecule has 1 aliphatic rings. The van der Waals surface area contributed by atoms with Crippen LogP contribution in [-0.2, 0) is 29.1 Å². The first-order chi connectivity index (χ1) is 9.08. The lowest BCUT2D eigenvalue weighted by molar-refractivity contribution is -0.133. The number of nitrogens with zero attached hydrogens (tertiary/aromatic N) is 3. The van der Waals surface area contributed by atoms with E-state index in [1.807, 2.05) is 12.4 Å². The van der Waals surface area contributed by atoms with Gasteiger partial charge in [-0.1, -0.05) is 0 Å². The van der Waals surface area contributed by atoms with Gasteiger partial charge in [-0.3, -0.25) is 9.78 Å². The molecule has 0 spiro atoms. The Labute approximate surface area is 114 Å². The molecule has 5 nitrogen and oxygen atoms in total. The van der Waals surface area contributed by atoms with Crippen molar-refractivity contribution in [3.05, 3.63) is 29.1 Å². The van der Waals surface area contributed by atoms with Gasteiger partial charge in [-0.2, -0.15) is 0 Å². The minimum Gasteiger partial charge on any atom is -0.367 e. The fraction of sp³-hybridized carbons (Fsp3) is 0.571. The van der Waals surface area contributed by atoms with E-state index >= 15 is 0 Å². The van der Waals surface area contributed by atoms with Gasteiger partial charge in [0.25, 0.3) is 0 Å². The molecule has 1 amide bonds. The highest BCUT2D eigenvalue weighted by atomic mass is 16.5. The highest BCUT2D eigenvalue weighted by Gasteiger charge is 2.16. The molecule has 0 atom stereocenters. The van der Waals surface area contributed by atoms with Crippen molar-refractivity contribution in [2.45, 2.75) is 19.6 Å².